The molecule has 0 saturated carbocycles. The quantitative estimate of drug-likeness (QED) is 0.651. The normalized spacial score (nSPS) is 20.2. The highest BCUT2D eigenvalue weighted by molar-refractivity contribution is 6.33. The number of ether oxygens (including phenoxy) is 2. The Hall–Kier alpha value is -2.62. The first-order valence-corrected chi connectivity index (χ1v) is 7.16. The number of rotatable bonds is 3. The highest BCUT2D eigenvalue weighted by atomic mass is 19.4. The van der Waals surface area contributed by atoms with Crippen LogP contribution in [0.25, 0.3) is 0 Å². The van der Waals surface area contributed by atoms with Gasteiger partial charge in [0.25, 0.3) is 5.72 Å². The molecule has 0 fully saturated rings. The standard InChI is InChI=1S/C15H15F3N2O5/c1-3-25-13(22)12(21)20-14(23,15(16,17)18)8-11(19-20)9-4-6-10(24-2)7-5-9/h4-7,23H,3,8H2,1-2H3. The molecule has 10 heteroatoms. The number of carbonyl (C=O) groups is 2. The van der Waals surface area contributed by atoms with Crippen LogP contribution in [0.3, 0.4) is 0 Å². The van der Waals surface area contributed by atoms with Crippen molar-refractivity contribution in [2.24, 2.45) is 5.10 Å². The second-order valence-corrected chi connectivity index (χ2v) is 5.10. The molecular weight excluding hydrogens is 345 g/mol. The average molecular weight is 360 g/mol. The largest absolute Gasteiger partial charge is 0.497 e. The van der Waals surface area contributed by atoms with Crippen LogP contribution in [-0.2, 0) is 14.3 Å². The second kappa shape index (κ2) is 6.71. The van der Waals surface area contributed by atoms with Crippen molar-refractivity contribution < 1.29 is 37.3 Å². The van der Waals surface area contributed by atoms with Crippen molar-refractivity contribution in [1.29, 1.82) is 0 Å². The van der Waals surface area contributed by atoms with E-state index in [1.807, 2.05) is 0 Å². The van der Waals surface area contributed by atoms with E-state index in [0.717, 1.165) is 0 Å². The van der Waals surface area contributed by atoms with E-state index in [1.165, 1.54) is 38.3 Å². The van der Waals surface area contributed by atoms with Crippen LogP contribution in [0.2, 0.25) is 0 Å². The maximum atomic E-state index is 13.3. The lowest BCUT2D eigenvalue weighted by Gasteiger charge is -2.31. The summed E-state index contributed by atoms with van der Waals surface area (Å²) in [6.07, 6.45) is -6.25. The molecular formula is C15H15F3N2O5. The Balaban J connectivity index is 2.41. The van der Waals surface area contributed by atoms with E-state index in [2.05, 4.69) is 9.84 Å². The van der Waals surface area contributed by atoms with Crippen LogP contribution in [-0.4, -0.2) is 53.3 Å². The first-order valence-electron chi connectivity index (χ1n) is 7.16. The van der Waals surface area contributed by atoms with Gasteiger partial charge in [-0.3, -0.25) is 4.79 Å². The number of nitrogens with zero attached hydrogens (tertiary/aromatic N) is 2. The molecule has 25 heavy (non-hydrogen) atoms. The molecule has 1 heterocycles. The van der Waals surface area contributed by atoms with Crippen molar-refractivity contribution in [2.75, 3.05) is 13.7 Å². The first kappa shape index (κ1) is 18.7. The minimum absolute atomic E-state index is 0.208. The maximum absolute atomic E-state index is 13.3. The second-order valence-electron chi connectivity index (χ2n) is 5.10. The van der Waals surface area contributed by atoms with Gasteiger partial charge >= 0.3 is 18.1 Å². The smallest absolute Gasteiger partial charge is 0.438 e. The van der Waals surface area contributed by atoms with E-state index in [9.17, 15) is 27.9 Å². The Morgan fingerprint density at radius 2 is 1.92 bits per heavy atom. The number of esters is 1. The summed E-state index contributed by atoms with van der Waals surface area (Å²) >= 11 is 0. The minimum Gasteiger partial charge on any atom is -0.497 e. The van der Waals surface area contributed by atoms with Crippen LogP contribution >= 0.6 is 0 Å². The lowest BCUT2D eigenvalue weighted by molar-refractivity contribution is -0.302. The maximum Gasteiger partial charge on any atom is 0.438 e. The topological polar surface area (TPSA) is 88.4 Å². The lowest BCUT2D eigenvalue weighted by Crippen LogP contribution is -2.58. The zero-order chi connectivity index (χ0) is 18.8. The summed E-state index contributed by atoms with van der Waals surface area (Å²) in [5, 5.41) is 13.3. The summed E-state index contributed by atoms with van der Waals surface area (Å²) in [7, 11) is 1.42. The molecule has 0 aromatic heterocycles. The molecule has 1 aliphatic heterocycles. The summed E-state index contributed by atoms with van der Waals surface area (Å²) in [4.78, 5) is 23.4. The minimum atomic E-state index is -5.23. The van der Waals surface area contributed by atoms with Gasteiger partial charge in [-0.05, 0) is 36.8 Å². The van der Waals surface area contributed by atoms with Gasteiger partial charge < -0.3 is 14.6 Å². The number of amides is 1. The third-order valence-electron chi connectivity index (χ3n) is 3.50. The number of methoxy groups -OCH3 is 1. The Bertz CT molecular complexity index is 702. The molecule has 1 atom stereocenters. The Labute approximate surface area is 140 Å². The fraction of sp³-hybridized carbons (Fsp3) is 0.400. The van der Waals surface area contributed by atoms with Crippen LogP contribution in [0, 0.1) is 0 Å². The first-order chi connectivity index (χ1) is 11.6. The summed E-state index contributed by atoms with van der Waals surface area (Å²) < 4.78 is 49.3. The molecule has 0 aliphatic carbocycles. The average Bonchev–Trinajstić information content (AvgIpc) is 2.93. The zero-order valence-electron chi connectivity index (χ0n) is 13.3. The number of benzene rings is 1. The number of carbonyl (C=O) groups excluding carboxylic acids is 2. The van der Waals surface area contributed by atoms with Crippen molar-refractivity contribution in [2.45, 2.75) is 25.2 Å². The summed E-state index contributed by atoms with van der Waals surface area (Å²) in [6, 6.07) is 5.82. The van der Waals surface area contributed by atoms with Gasteiger partial charge in [0.05, 0.1) is 25.8 Å². The fourth-order valence-corrected chi connectivity index (χ4v) is 2.20. The SMILES string of the molecule is CCOC(=O)C(=O)N1N=C(c2ccc(OC)cc2)CC1(O)C(F)(F)F. The van der Waals surface area contributed by atoms with Crippen molar-refractivity contribution in [3.63, 3.8) is 0 Å². The molecule has 1 unspecified atom stereocenters. The van der Waals surface area contributed by atoms with Crippen molar-refractivity contribution >= 4 is 17.6 Å². The predicted octanol–water partition coefficient (Wildman–Crippen LogP) is 1.45. The highest BCUT2D eigenvalue weighted by Gasteiger charge is 2.64. The fourth-order valence-electron chi connectivity index (χ4n) is 2.20. The Morgan fingerprint density at radius 3 is 2.40 bits per heavy atom. The number of aliphatic hydroxyl groups is 1. The van der Waals surface area contributed by atoms with E-state index in [-0.39, 0.29) is 22.9 Å². The van der Waals surface area contributed by atoms with Crippen LogP contribution in [0.1, 0.15) is 18.9 Å². The Morgan fingerprint density at radius 1 is 1.32 bits per heavy atom. The molecule has 136 valence electrons. The molecule has 0 spiro atoms. The van der Waals surface area contributed by atoms with Gasteiger partial charge in [0.1, 0.15) is 5.75 Å². The molecule has 1 amide bonds. The molecule has 1 aliphatic rings. The molecule has 1 N–H and O–H groups in total. The monoisotopic (exact) mass is 360 g/mol. The zero-order valence-corrected chi connectivity index (χ0v) is 13.3. The van der Waals surface area contributed by atoms with Gasteiger partial charge in [-0.1, -0.05) is 0 Å². The summed E-state index contributed by atoms with van der Waals surface area (Å²) in [5.74, 6) is -2.78. The van der Waals surface area contributed by atoms with Crippen LogP contribution in [0.4, 0.5) is 13.2 Å². The Kier molecular flexibility index (Phi) is 5.02. The summed E-state index contributed by atoms with van der Waals surface area (Å²) in [5.41, 5.74) is -3.60. The van der Waals surface area contributed by atoms with Crippen LogP contribution in [0.15, 0.2) is 29.4 Å². The van der Waals surface area contributed by atoms with Crippen LogP contribution in [0.5, 0.6) is 5.75 Å². The number of hydrazone groups is 1. The van der Waals surface area contributed by atoms with Crippen molar-refractivity contribution in [3.05, 3.63) is 29.8 Å². The van der Waals surface area contributed by atoms with E-state index >= 15 is 0 Å². The summed E-state index contributed by atoms with van der Waals surface area (Å²) in [6.45, 7) is 1.18. The lowest BCUT2D eigenvalue weighted by atomic mass is 10.0. The van der Waals surface area contributed by atoms with Gasteiger partial charge in [-0.2, -0.15) is 23.3 Å². The molecule has 0 radical (unpaired) electrons. The molecule has 1 aromatic rings. The third kappa shape index (κ3) is 3.43. The van der Waals surface area contributed by atoms with Gasteiger partial charge in [-0.15, -0.1) is 0 Å². The van der Waals surface area contributed by atoms with Crippen molar-refractivity contribution in [3.8, 4) is 5.75 Å². The van der Waals surface area contributed by atoms with Crippen molar-refractivity contribution in [1.82, 2.24) is 5.01 Å². The van der Waals surface area contributed by atoms with E-state index in [0.29, 0.717) is 5.75 Å². The van der Waals surface area contributed by atoms with Gasteiger partial charge in [-0.25, -0.2) is 4.79 Å². The molecule has 1 aromatic carbocycles. The predicted molar refractivity (Wildman–Crippen MR) is 78.6 cm³/mol. The number of halogens is 3. The number of hydrogen-bond donors (Lipinski definition) is 1. The molecule has 0 saturated heterocycles. The molecule has 2 rings (SSSR count). The molecule has 7 nitrogen and oxygen atoms in total. The third-order valence-corrected chi connectivity index (χ3v) is 3.50. The number of hydrogen-bond acceptors (Lipinski definition) is 6. The van der Waals surface area contributed by atoms with E-state index in [4.69, 9.17) is 4.74 Å². The van der Waals surface area contributed by atoms with E-state index in [1.54, 1.807) is 0 Å². The van der Waals surface area contributed by atoms with E-state index < -0.39 is 30.2 Å². The van der Waals surface area contributed by atoms with Crippen LogP contribution < -0.4 is 4.74 Å². The van der Waals surface area contributed by atoms with Gasteiger partial charge in [0.15, 0.2) is 0 Å². The number of alkyl halides is 3. The van der Waals surface area contributed by atoms with Gasteiger partial charge in [0.2, 0.25) is 0 Å². The highest BCUT2D eigenvalue weighted by Crippen LogP contribution is 2.41. The van der Waals surface area contributed by atoms with Gasteiger partial charge in [0, 0.05) is 0 Å². The molecule has 0 bridgehead atoms.